The van der Waals surface area contributed by atoms with E-state index in [1.807, 2.05) is 54.6 Å². The number of hydrogen-bond donors (Lipinski definition) is 0. The van der Waals surface area contributed by atoms with Crippen molar-refractivity contribution in [2.45, 2.75) is 23.9 Å². The lowest BCUT2D eigenvalue weighted by atomic mass is 10.1. The van der Waals surface area contributed by atoms with Gasteiger partial charge in [0.1, 0.15) is 5.82 Å². The molecule has 0 aliphatic carbocycles. The van der Waals surface area contributed by atoms with Crippen molar-refractivity contribution in [3.8, 4) is 5.69 Å². The van der Waals surface area contributed by atoms with Gasteiger partial charge in [-0.2, -0.15) is 0 Å². The molecule has 0 unspecified atom stereocenters. The Morgan fingerprint density at radius 1 is 0.900 bits per heavy atom. The quantitative estimate of drug-likeness (QED) is 0.334. The van der Waals surface area contributed by atoms with E-state index in [4.69, 9.17) is 9.97 Å². The Kier molecular flexibility index (Phi) is 4.89. The molecule has 0 saturated carbocycles. The molecular formula is C24H19N3OS2. The third-order valence-electron chi connectivity index (χ3n) is 5.26. The number of aryl methyl sites for hydroxylation is 1. The predicted molar refractivity (Wildman–Crippen MR) is 126 cm³/mol. The van der Waals surface area contributed by atoms with Gasteiger partial charge in [-0.15, -0.1) is 11.3 Å². The van der Waals surface area contributed by atoms with Crippen LogP contribution >= 0.6 is 23.1 Å². The van der Waals surface area contributed by atoms with E-state index < -0.39 is 0 Å². The second-order valence-electron chi connectivity index (χ2n) is 7.14. The number of fused-ring (bicyclic) bond motifs is 2. The van der Waals surface area contributed by atoms with Crippen LogP contribution in [-0.4, -0.2) is 14.5 Å². The van der Waals surface area contributed by atoms with E-state index >= 15 is 0 Å². The van der Waals surface area contributed by atoms with Gasteiger partial charge in [-0.25, -0.2) is 9.97 Å². The van der Waals surface area contributed by atoms with Crippen molar-refractivity contribution in [1.29, 1.82) is 0 Å². The van der Waals surface area contributed by atoms with Crippen LogP contribution in [0.25, 0.3) is 26.8 Å². The van der Waals surface area contributed by atoms with E-state index in [0.29, 0.717) is 11.1 Å². The Bertz CT molecular complexity index is 1420. The lowest BCUT2D eigenvalue weighted by molar-refractivity contribution is 0.875. The summed E-state index contributed by atoms with van der Waals surface area (Å²) in [6.45, 7) is 4.12. The first-order chi connectivity index (χ1) is 14.6. The van der Waals surface area contributed by atoms with E-state index in [1.165, 1.54) is 4.70 Å². The maximum atomic E-state index is 13.5. The molecule has 148 valence electrons. The molecule has 5 rings (SSSR count). The van der Waals surface area contributed by atoms with Gasteiger partial charge in [-0.3, -0.25) is 9.36 Å². The lowest BCUT2D eigenvalue weighted by Crippen LogP contribution is -2.24. The molecule has 5 aromatic rings. The third-order valence-corrected chi connectivity index (χ3v) is 7.44. The van der Waals surface area contributed by atoms with Crippen molar-refractivity contribution in [2.75, 3.05) is 0 Å². The maximum absolute atomic E-state index is 13.5. The van der Waals surface area contributed by atoms with Crippen LogP contribution in [0.1, 0.15) is 17.0 Å². The highest BCUT2D eigenvalue weighted by Crippen LogP contribution is 2.31. The third kappa shape index (κ3) is 3.32. The highest BCUT2D eigenvalue weighted by Gasteiger charge is 2.16. The largest absolute Gasteiger partial charge is 0.268 e. The van der Waals surface area contributed by atoms with Crippen molar-refractivity contribution >= 4 is 44.2 Å². The molecule has 0 radical (unpaired) electrons. The highest BCUT2D eigenvalue weighted by atomic mass is 32.2. The zero-order valence-corrected chi connectivity index (χ0v) is 18.3. The Morgan fingerprint density at radius 3 is 2.50 bits per heavy atom. The first-order valence-electron chi connectivity index (χ1n) is 9.67. The van der Waals surface area contributed by atoms with Gasteiger partial charge in [-0.1, -0.05) is 48.2 Å². The van der Waals surface area contributed by atoms with Crippen LogP contribution in [0.3, 0.4) is 0 Å². The topological polar surface area (TPSA) is 47.8 Å². The maximum Gasteiger partial charge on any atom is 0.265 e. The Labute approximate surface area is 182 Å². The summed E-state index contributed by atoms with van der Waals surface area (Å²) >= 11 is 3.29. The molecule has 6 heteroatoms. The molecular weight excluding hydrogens is 410 g/mol. The van der Waals surface area contributed by atoms with Crippen LogP contribution < -0.4 is 5.56 Å². The monoisotopic (exact) mass is 429 g/mol. The van der Waals surface area contributed by atoms with E-state index in [2.05, 4.69) is 26.0 Å². The number of rotatable bonds is 4. The Morgan fingerprint density at radius 2 is 1.67 bits per heavy atom. The molecule has 2 aromatic heterocycles. The number of thioether (sulfide) groups is 1. The van der Waals surface area contributed by atoms with Crippen LogP contribution in [0.4, 0.5) is 0 Å². The average molecular weight is 430 g/mol. The minimum absolute atomic E-state index is 0.0331. The van der Waals surface area contributed by atoms with Crippen molar-refractivity contribution in [3.05, 3.63) is 94.0 Å². The molecule has 3 aromatic carbocycles. The molecule has 0 bridgehead atoms. The molecule has 0 aliphatic rings. The van der Waals surface area contributed by atoms with Crippen LogP contribution in [0.15, 0.2) is 75.9 Å². The molecule has 0 fully saturated rings. The van der Waals surface area contributed by atoms with Crippen LogP contribution in [-0.2, 0) is 5.75 Å². The Balaban J connectivity index is 1.64. The molecule has 30 heavy (non-hydrogen) atoms. The minimum Gasteiger partial charge on any atom is -0.268 e. The first-order valence-corrected chi connectivity index (χ1v) is 11.5. The fraction of sp³-hybridized carbons (Fsp3) is 0.125. The van der Waals surface area contributed by atoms with Gasteiger partial charge in [0.2, 0.25) is 0 Å². The van der Waals surface area contributed by atoms with Gasteiger partial charge in [-0.05, 0) is 55.3 Å². The second-order valence-corrected chi connectivity index (χ2v) is 9.39. The van der Waals surface area contributed by atoms with Gasteiger partial charge in [0.15, 0.2) is 4.34 Å². The van der Waals surface area contributed by atoms with Crippen LogP contribution in [0.2, 0.25) is 0 Å². The van der Waals surface area contributed by atoms with E-state index in [1.54, 1.807) is 27.7 Å². The molecule has 0 saturated heterocycles. The molecule has 4 nitrogen and oxygen atoms in total. The summed E-state index contributed by atoms with van der Waals surface area (Å²) in [6, 6.07) is 21.7. The van der Waals surface area contributed by atoms with Crippen LogP contribution in [0.5, 0.6) is 0 Å². The first kappa shape index (κ1) is 19.0. The smallest absolute Gasteiger partial charge is 0.265 e. The van der Waals surface area contributed by atoms with Crippen molar-refractivity contribution in [2.24, 2.45) is 0 Å². The van der Waals surface area contributed by atoms with Gasteiger partial charge < -0.3 is 0 Å². The molecule has 2 heterocycles. The molecule has 0 spiro atoms. The summed E-state index contributed by atoms with van der Waals surface area (Å²) in [5.74, 6) is 1.30. The standard InChI is InChI=1S/C24H19N3OS2/c1-15-8-7-12-20(16(15)2)27-22(25-18-10-4-3-9-17(18)23(27)28)14-29-24-26-19-11-5-6-13-21(19)30-24/h3-13H,14H2,1-2H3. The fourth-order valence-corrected chi connectivity index (χ4v) is 5.53. The zero-order chi connectivity index (χ0) is 20.7. The molecule has 0 N–H and O–H groups in total. The van der Waals surface area contributed by atoms with Crippen LogP contribution in [0, 0.1) is 13.8 Å². The number of nitrogens with zero attached hydrogens (tertiary/aromatic N) is 3. The van der Waals surface area contributed by atoms with Gasteiger partial charge >= 0.3 is 0 Å². The lowest BCUT2D eigenvalue weighted by Gasteiger charge is -2.16. The number of para-hydroxylation sites is 2. The molecule has 0 aliphatic heterocycles. The van der Waals surface area contributed by atoms with Crippen molar-refractivity contribution < 1.29 is 0 Å². The highest BCUT2D eigenvalue weighted by molar-refractivity contribution is 8.00. The minimum atomic E-state index is -0.0331. The number of benzene rings is 3. The zero-order valence-electron chi connectivity index (χ0n) is 16.6. The average Bonchev–Trinajstić information content (AvgIpc) is 3.18. The van der Waals surface area contributed by atoms with E-state index in [-0.39, 0.29) is 5.56 Å². The Hall–Kier alpha value is -2.96. The van der Waals surface area contributed by atoms with E-state index in [9.17, 15) is 4.79 Å². The summed E-state index contributed by atoms with van der Waals surface area (Å²) in [6.07, 6.45) is 0. The summed E-state index contributed by atoms with van der Waals surface area (Å²) in [4.78, 5) is 23.1. The number of aromatic nitrogens is 3. The summed E-state index contributed by atoms with van der Waals surface area (Å²) in [7, 11) is 0. The number of thiazole rings is 1. The fourth-order valence-electron chi connectivity index (χ4n) is 3.54. The summed E-state index contributed by atoms with van der Waals surface area (Å²) in [5, 5.41) is 0.632. The summed E-state index contributed by atoms with van der Waals surface area (Å²) < 4.78 is 3.91. The van der Waals surface area contributed by atoms with Crippen molar-refractivity contribution in [3.63, 3.8) is 0 Å². The summed E-state index contributed by atoms with van der Waals surface area (Å²) in [5.41, 5.74) is 4.82. The van der Waals surface area contributed by atoms with Gasteiger partial charge in [0.25, 0.3) is 5.56 Å². The van der Waals surface area contributed by atoms with E-state index in [0.717, 1.165) is 38.0 Å². The predicted octanol–water partition coefficient (Wildman–Crippen LogP) is 5.90. The number of hydrogen-bond acceptors (Lipinski definition) is 5. The molecule has 0 atom stereocenters. The second kappa shape index (κ2) is 7.70. The molecule has 0 amide bonds. The SMILES string of the molecule is Cc1cccc(-n2c(CSc3nc4ccccc4s3)nc3ccccc3c2=O)c1C. The normalized spacial score (nSPS) is 11.4. The van der Waals surface area contributed by atoms with Gasteiger partial charge in [0.05, 0.1) is 32.6 Å². The van der Waals surface area contributed by atoms with Gasteiger partial charge in [0, 0.05) is 0 Å². The van der Waals surface area contributed by atoms with Crippen molar-refractivity contribution in [1.82, 2.24) is 14.5 Å².